The Morgan fingerprint density at radius 1 is 1.47 bits per heavy atom. The minimum atomic E-state index is -0.174. The molecule has 0 spiro atoms. The zero-order valence-electron chi connectivity index (χ0n) is 8.53. The number of hydrogen-bond acceptors (Lipinski definition) is 2. The molecule has 1 aliphatic rings. The number of furan rings is 1. The summed E-state index contributed by atoms with van der Waals surface area (Å²) in [7, 11) is 0. The van der Waals surface area contributed by atoms with Gasteiger partial charge in [-0.2, -0.15) is 5.26 Å². The average Bonchev–Trinajstić information content (AvgIpc) is 2.77. The molecule has 15 heavy (non-hydrogen) atoms. The Hall–Kier alpha value is -1.75. The van der Waals surface area contributed by atoms with E-state index in [2.05, 4.69) is 12.1 Å². The molecule has 1 saturated carbocycles. The monoisotopic (exact) mass is 197 g/mol. The van der Waals surface area contributed by atoms with Crippen molar-refractivity contribution >= 4 is 11.0 Å². The zero-order chi connectivity index (χ0) is 10.5. The van der Waals surface area contributed by atoms with Crippen molar-refractivity contribution in [1.82, 2.24) is 0 Å². The second-order valence-electron chi connectivity index (χ2n) is 4.47. The highest BCUT2D eigenvalue weighted by Crippen LogP contribution is 2.59. The summed E-state index contributed by atoms with van der Waals surface area (Å²) in [6, 6.07) is 10.4. The van der Waals surface area contributed by atoms with Crippen molar-refractivity contribution in [2.24, 2.45) is 5.41 Å². The first kappa shape index (κ1) is 8.55. The summed E-state index contributed by atoms with van der Waals surface area (Å²) in [5.41, 5.74) is 1.93. The van der Waals surface area contributed by atoms with Crippen molar-refractivity contribution in [2.75, 3.05) is 0 Å². The third-order valence-electron chi connectivity index (χ3n) is 3.38. The Bertz CT molecular complexity index is 563. The van der Waals surface area contributed by atoms with Gasteiger partial charge in [0.05, 0.1) is 17.7 Å². The molecule has 1 aliphatic carbocycles. The average molecular weight is 197 g/mol. The number of hydrogen-bond donors (Lipinski definition) is 0. The maximum Gasteiger partial charge on any atom is 0.134 e. The third kappa shape index (κ3) is 1.10. The summed E-state index contributed by atoms with van der Waals surface area (Å²) in [6.45, 7) is 2.01. The molecular formula is C13H11NO. The maximum atomic E-state index is 9.03. The molecular weight excluding hydrogens is 186 g/mol. The standard InChI is InChI=1S/C13H11NO/c1-13(8-14)6-11(13)10-7-15-12-5-3-2-4-9(10)12/h2-5,7,11H,6H2,1H3. The van der Waals surface area contributed by atoms with Crippen molar-refractivity contribution in [2.45, 2.75) is 19.3 Å². The second-order valence-corrected chi connectivity index (χ2v) is 4.47. The van der Waals surface area contributed by atoms with Crippen LogP contribution >= 0.6 is 0 Å². The van der Waals surface area contributed by atoms with Crippen LogP contribution in [0.2, 0.25) is 0 Å². The number of para-hydroxylation sites is 1. The molecule has 1 fully saturated rings. The van der Waals surface area contributed by atoms with Gasteiger partial charge >= 0.3 is 0 Å². The zero-order valence-corrected chi connectivity index (χ0v) is 8.53. The van der Waals surface area contributed by atoms with Crippen LogP contribution in [-0.2, 0) is 0 Å². The first-order chi connectivity index (χ1) is 7.24. The lowest BCUT2D eigenvalue weighted by molar-refractivity contribution is 0.607. The summed E-state index contributed by atoms with van der Waals surface area (Å²) in [4.78, 5) is 0. The van der Waals surface area contributed by atoms with E-state index in [0.717, 1.165) is 17.4 Å². The molecule has 1 aromatic carbocycles. The van der Waals surface area contributed by atoms with Gasteiger partial charge in [-0.1, -0.05) is 18.2 Å². The number of nitrogens with zero attached hydrogens (tertiary/aromatic N) is 1. The van der Waals surface area contributed by atoms with Crippen molar-refractivity contribution in [3.63, 3.8) is 0 Å². The minimum absolute atomic E-state index is 0.174. The summed E-state index contributed by atoms with van der Waals surface area (Å²) in [6.07, 6.45) is 2.75. The van der Waals surface area contributed by atoms with Gasteiger partial charge in [-0.15, -0.1) is 0 Å². The van der Waals surface area contributed by atoms with Crippen LogP contribution in [0.15, 0.2) is 34.9 Å². The number of rotatable bonds is 1. The summed E-state index contributed by atoms with van der Waals surface area (Å²) in [5, 5.41) is 10.2. The normalized spacial score (nSPS) is 28.9. The van der Waals surface area contributed by atoms with Crippen LogP contribution in [0.3, 0.4) is 0 Å². The van der Waals surface area contributed by atoms with Gasteiger partial charge in [0.1, 0.15) is 5.58 Å². The fourth-order valence-electron chi connectivity index (χ4n) is 2.21. The Kier molecular flexibility index (Phi) is 1.50. The van der Waals surface area contributed by atoms with Gasteiger partial charge in [-0.25, -0.2) is 0 Å². The molecule has 2 aromatic rings. The van der Waals surface area contributed by atoms with Crippen LogP contribution < -0.4 is 0 Å². The van der Waals surface area contributed by atoms with Crippen LogP contribution in [-0.4, -0.2) is 0 Å². The lowest BCUT2D eigenvalue weighted by Gasteiger charge is -1.97. The van der Waals surface area contributed by atoms with E-state index in [0.29, 0.717) is 5.92 Å². The number of benzene rings is 1. The fraction of sp³-hybridized carbons (Fsp3) is 0.308. The van der Waals surface area contributed by atoms with Gasteiger partial charge in [0.25, 0.3) is 0 Å². The van der Waals surface area contributed by atoms with Crippen molar-refractivity contribution in [1.29, 1.82) is 5.26 Å². The number of nitriles is 1. The molecule has 3 rings (SSSR count). The minimum Gasteiger partial charge on any atom is -0.464 e. The van der Waals surface area contributed by atoms with E-state index in [1.165, 1.54) is 5.56 Å². The van der Waals surface area contributed by atoms with Gasteiger partial charge in [-0.05, 0) is 19.4 Å². The van der Waals surface area contributed by atoms with E-state index in [1.54, 1.807) is 6.26 Å². The predicted octanol–water partition coefficient (Wildman–Crippen LogP) is 3.45. The molecule has 74 valence electrons. The van der Waals surface area contributed by atoms with Crippen LogP contribution in [0, 0.1) is 16.7 Å². The molecule has 1 heterocycles. The van der Waals surface area contributed by atoms with Crippen LogP contribution in [0.25, 0.3) is 11.0 Å². The Balaban J connectivity index is 2.11. The van der Waals surface area contributed by atoms with Gasteiger partial charge in [0.15, 0.2) is 0 Å². The third-order valence-corrected chi connectivity index (χ3v) is 3.38. The van der Waals surface area contributed by atoms with Gasteiger partial charge < -0.3 is 4.42 Å². The smallest absolute Gasteiger partial charge is 0.134 e. The lowest BCUT2D eigenvalue weighted by Crippen LogP contribution is -1.91. The molecule has 0 amide bonds. The second kappa shape index (κ2) is 2.64. The molecule has 2 nitrogen and oxygen atoms in total. The van der Waals surface area contributed by atoms with E-state index in [4.69, 9.17) is 9.68 Å². The maximum absolute atomic E-state index is 9.03. The molecule has 2 atom stereocenters. The van der Waals surface area contributed by atoms with E-state index in [1.807, 2.05) is 25.1 Å². The SMILES string of the molecule is CC1(C#N)CC1c1coc2ccccc12. The van der Waals surface area contributed by atoms with E-state index in [9.17, 15) is 0 Å². The topological polar surface area (TPSA) is 36.9 Å². The highest BCUT2D eigenvalue weighted by molar-refractivity contribution is 5.82. The van der Waals surface area contributed by atoms with Crippen LogP contribution in [0.1, 0.15) is 24.8 Å². The number of fused-ring (bicyclic) bond motifs is 1. The summed E-state index contributed by atoms with van der Waals surface area (Å²) < 4.78 is 5.48. The lowest BCUT2D eigenvalue weighted by atomic mass is 10.0. The molecule has 2 unspecified atom stereocenters. The van der Waals surface area contributed by atoms with Crippen LogP contribution in [0.4, 0.5) is 0 Å². The molecule has 2 heteroatoms. The first-order valence-electron chi connectivity index (χ1n) is 5.12. The van der Waals surface area contributed by atoms with Crippen molar-refractivity contribution < 1.29 is 4.42 Å². The fourth-order valence-corrected chi connectivity index (χ4v) is 2.21. The van der Waals surface area contributed by atoms with Crippen LogP contribution in [0.5, 0.6) is 0 Å². The molecule has 0 saturated heterocycles. The molecule has 0 bridgehead atoms. The molecule has 0 N–H and O–H groups in total. The van der Waals surface area contributed by atoms with Crippen molar-refractivity contribution in [3.8, 4) is 6.07 Å². The highest BCUT2D eigenvalue weighted by atomic mass is 16.3. The quantitative estimate of drug-likeness (QED) is 0.702. The largest absolute Gasteiger partial charge is 0.464 e. The van der Waals surface area contributed by atoms with E-state index >= 15 is 0 Å². The highest BCUT2D eigenvalue weighted by Gasteiger charge is 2.52. The Morgan fingerprint density at radius 2 is 2.27 bits per heavy atom. The van der Waals surface area contributed by atoms with Crippen molar-refractivity contribution in [3.05, 3.63) is 36.1 Å². The molecule has 0 aliphatic heterocycles. The molecule has 0 radical (unpaired) electrons. The van der Waals surface area contributed by atoms with Gasteiger partial charge in [0.2, 0.25) is 0 Å². The molecule has 1 aromatic heterocycles. The Labute approximate surface area is 88.1 Å². The summed E-state index contributed by atoms with van der Waals surface area (Å²) >= 11 is 0. The Morgan fingerprint density at radius 3 is 3.00 bits per heavy atom. The van der Waals surface area contributed by atoms with E-state index in [-0.39, 0.29) is 5.41 Å². The first-order valence-corrected chi connectivity index (χ1v) is 5.12. The summed E-state index contributed by atoms with van der Waals surface area (Å²) in [5.74, 6) is 0.353. The predicted molar refractivity (Wildman–Crippen MR) is 57.3 cm³/mol. The van der Waals surface area contributed by atoms with Gasteiger partial charge in [-0.3, -0.25) is 0 Å². The van der Waals surface area contributed by atoms with E-state index < -0.39 is 0 Å². The van der Waals surface area contributed by atoms with Gasteiger partial charge in [0, 0.05) is 16.9 Å².